The van der Waals surface area contributed by atoms with E-state index in [0.717, 1.165) is 0 Å². The number of imidazole rings is 1. The molecule has 0 amide bonds. The summed E-state index contributed by atoms with van der Waals surface area (Å²) in [7, 11) is 0. The van der Waals surface area contributed by atoms with Crippen molar-refractivity contribution in [2.24, 2.45) is 0 Å². The van der Waals surface area contributed by atoms with Crippen LogP contribution in [-0.2, 0) is 15.4 Å². The zero-order chi connectivity index (χ0) is 9.73. The summed E-state index contributed by atoms with van der Waals surface area (Å²) in [6.07, 6.45) is 5.22. The molecular formula is C9H16N2O2. The summed E-state index contributed by atoms with van der Waals surface area (Å²) in [5.74, 6) is -0.722. The molecule has 0 unspecified atom stereocenters. The number of hydrogen-bond donors (Lipinski definition) is 0. The zero-order valence-electron chi connectivity index (χ0n) is 8.36. The minimum absolute atomic E-state index is 0.606. The van der Waals surface area contributed by atoms with Gasteiger partial charge in [0.1, 0.15) is 0 Å². The monoisotopic (exact) mass is 184 g/mol. The topological polar surface area (TPSA) is 36.3 Å². The molecule has 0 aromatic carbocycles. The second kappa shape index (κ2) is 4.39. The maximum atomic E-state index is 5.52. The maximum absolute atomic E-state index is 5.52. The van der Waals surface area contributed by atoms with Gasteiger partial charge in [-0.05, 0) is 13.8 Å². The molecule has 0 bridgehead atoms. The fourth-order valence-corrected chi connectivity index (χ4v) is 1.23. The van der Waals surface area contributed by atoms with Crippen molar-refractivity contribution in [2.45, 2.75) is 26.7 Å². The van der Waals surface area contributed by atoms with Crippen LogP contribution in [0.15, 0.2) is 18.7 Å². The van der Waals surface area contributed by atoms with Gasteiger partial charge >= 0.3 is 0 Å². The molecule has 0 atom stereocenters. The molecule has 0 radical (unpaired) electrons. The van der Waals surface area contributed by atoms with Crippen molar-refractivity contribution in [2.75, 3.05) is 13.2 Å². The van der Waals surface area contributed by atoms with E-state index in [1.807, 2.05) is 27.0 Å². The first-order valence-electron chi connectivity index (χ1n) is 4.49. The molecule has 1 aromatic rings. The molecule has 4 nitrogen and oxygen atoms in total. The third kappa shape index (κ3) is 2.29. The van der Waals surface area contributed by atoms with E-state index in [0.29, 0.717) is 13.2 Å². The summed E-state index contributed by atoms with van der Waals surface area (Å²) in [4.78, 5) is 3.96. The molecule has 74 valence electrons. The molecule has 0 spiro atoms. The van der Waals surface area contributed by atoms with Crippen LogP contribution in [0.25, 0.3) is 0 Å². The molecule has 13 heavy (non-hydrogen) atoms. The summed E-state index contributed by atoms with van der Waals surface area (Å²) in [6.45, 7) is 6.97. The molecule has 1 rings (SSSR count). The van der Waals surface area contributed by atoms with Crippen LogP contribution in [0, 0.1) is 0 Å². The smallest absolute Gasteiger partial charge is 0.253 e. The fourth-order valence-electron chi connectivity index (χ4n) is 1.23. The van der Waals surface area contributed by atoms with Crippen molar-refractivity contribution in [1.82, 2.24) is 9.55 Å². The van der Waals surface area contributed by atoms with Gasteiger partial charge in [0, 0.05) is 32.5 Å². The first-order valence-corrected chi connectivity index (χ1v) is 4.49. The molecule has 0 aliphatic heterocycles. The highest BCUT2D eigenvalue weighted by Crippen LogP contribution is 2.18. The molecule has 0 aliphatic carbocycles. The summed E-state index contributed by atoms with van der Waals surface area (Å²) in [6, 6.07) is 0. The highest BCUT2D eigenvalue weighted by Gasteiger charge is 2.26. The molecule has 1 heterocycles. The Bertz CT molecular complexity index is 228. The van der Waals surface area contributed by atoms with Crippen molar-refractivity contribution in [3.05, 3.63) is 18.7 Å². The van der Waals surface area contributed by atoms with Crippen LogP contribution in [0.5, 0.6) is 0 Å². The van der Waals surface area contributed by atoms with Crippen LogP contribution in [0.1, 0.15) is 20.8 Å². The first kappa shape index (κ1) is 10.2. The van der Waals surface area contributed by atoms with Gasteiger partial charge in [-0.3, -0.25) is 4.57 Å². The third-order valence-corrected chi connectivity index (χ3v) is 1.80. The minimum atomic E-state index is -0.722. The number of rotatable bonds is 5. The lowest BCUT2D eigenvalue weighted by molar-refractivity contribution is -0.278. The first-order chi connectivity index (χ1) is 6.23. The van der Waals surface area contributed by atoms with Gasteiger partial charge in [-0.25, -0.2) is 4.98 Å². The molecule has 0 N–H and O–H groups in total. The third-order valence-electron chi connectivity index (χ3n) is 1.80. The Hall–Kier alpha value is -0.870. The van der Waals surface area contributed by atoms with Crippen LogP contribution in [-0.4, -0.2) is 22.8 Å². The lowest BCUT2D eigenvalue weighted by Crippen LogP contribution is -2.35. The highest BCUT2D eigenvalue weighted by atomic mass is 16.7. The Labute approximate surface area is 78.5 Å². The lowest BCUT2D eigenvalue weighted by atomic mass is 10.5. The van der Waals surface area contributed by atoms with Gasteiger partial charge in [0.25, 0.3) is 5.91 Å². The molecule has 0 saturated heterocycles. The molecule has 0 fully saturated rings. The Morgan fingerprint density at radius 1 is 1.31 bits per heavy atom. The van der Waals surface area contributed by atoms with E-state index in [1.165, 1.54) is 0 Å². The molecule has 0 saturated carbocycles. The van der Waals surface area contributed by atoms with Gasteiger partial charge in [-0.2, -0.15) is 0 Å². The van der Waals surface area contributed by atoms with E-state index in [9.17, 15) is 0 Å². The van der Waals surface area contributed by atoms with Crippen LogP contribution < -0.4 is 0 Å². The van der Waals surface area contributed by atoms with Gasteiger partial charge < -0.3 is 9.47 Å². The molecule has 4 heteroatoms. The van der Waals surface area contributed by atoms with Gasteiger partial charge in [0.15, 0.2) is 0 Å². The van der Waals surface area contributed by atoms with Crippen molar-refractivity contribution >= 4 is 0 Å². The molecule has 1 aromatic heterocycles. The predicted octanol–water partition coefficient (Wildman–Crippen LogP) is 1.59. The van der Waals surface area contributed by atoms with Crippen LogP contribution in [0.4, 0.5) is 0 Å². The Kier molecular flexibility index (Phi) is 3.45. The summed E-state index contributed by atoms with van der Waals surface area (Å²) in [5, 5.41) is 0. The Morgan fingerprint density at radius 2 is 1.92 bits per heavy atom. The van der Waals surface area contributed by atoms with Gasteiger partial charge in [-0.1, -0.05) is 0 Å². The van der Waals surface area contributed by atoms with Crippen LogP contribution in [0.3, 0.4) is 0 Å². The maximum Gasteiger partial charge on any atom is 0.253 e. The van der Waals surface area contributed by atoms with Gasteiger partial charge in [-0.15, -0.1) is 0 Å². The van der Waals surface area contributed by atoms with E-state index in [-0.39, 0.29) is 0 Å². The summed E-state index contributed by atoms with van der Waals surface area (Å²) < 4.78 is 12.8. The van der Waals surface area contributed by atoms with Crippen LogP contribution in [0.2, 0.25) is 0 Å². The predicted molar refractivity (Wildman–Crippen MR) is 49.1 cm³/mol. The number of ether oxygens (including phenoxy) is 2. The Morgan fingerprint density at radius 3 is 2.31 bits per heavy atom. The van der Waals surface area contributed by atoms with Crippen molar-refractivity contribution < 1.29 is 9.47 Å². The SMILES string of the molecule is CCOC(C)(OCC)n1ccnc1. The van der Waals surface area contributed by atoms with Crippen molar-refractivity contribution in [3.63, 3.8) is 0 Å². The number of aromatic nitrogens is 2. The van der Waals surface area contributed by atoms with Crippen molar-refractivity contribution in [1.29, 1.82) is 0 Å². The van der Waals surface area contributed by atoms with Gasteiger partial charge in [0.05, 0.1) is 6.33 Å². The average molecular weight is 184 g/mol. The zero-order valence-corrected chi connectivity index (χ0v) is 8.36. The number of hydrogen-bond acceptors (Lipinski definition) is 3. The summed E-state index contributed by atoms with van der Waals surface area (Å²) in [5.41, 5.74) is 0. The Balaban J connectivity index is 2.78. The summed E-state index contributed by atoms with van der Waals surface area (Å²) >= 11 is 0. The number of nitrogens with zero attached hydrogens (tertiary/aromatic N) is 2. The largest absolute Gasteiger partial charge is 0.333 e. The standard InChI is InChI=1S/C9H16N2O2/c1-4-12-9(3,13-5-2)11-7-6-10-8-11/h6-8H,4-5H2,1-3H3. The van der Waals surface area contributed by atoms with E-state index in [4.69, 9.17) is 9.47 Å². The van der Waals surface area contributed by atoms with Crippen molar-refractivity contribution in [3.8, 4) is 0 Å². The van der Waals surface area contributed by atoms with E-state index < -0.39 is 5.91 Å². The van der Waals surface area contributed by atoms with Crippen LogP contribution >= 0.6 is 0 Å². The van der Waals surface area contributed by atoms with E-state index in [2.05, 4.69) is 4.98 Å². The second-order valence-corrected chi connectivity index (χ2v) is 2.73. The van der Waals surface area contributed by atoms with E-state index in [1.54, 1.807) is 17.1 Å². The average Bonchev–Trinajstić information content (AvgIpc) is 2.57. The minimum Gasteiger partial charge on any atom is -0.333 e. The quantitative estimate of drug-likeness (QED) is 0.652. The normalized spacial score (nSPS) is 11.9. The van der Waals surface area contributed by atoms with Gasteiger partial charge in [0.2, 0.25) is 0 Å². The molecular weight excluding hydrogens is 168 g/mol. The fraction of sp³-hybridized carbons (Fsp3) is 0.667. The van der Waals surface area contributed by atoms with E-state index >= 15 is 0 Å². The highest BCUT2D eigenvalue weighted by molar-refractivity contribution is 4.79. The second-order valence-electron chi connectivity index (χ2n) is 2.73. The molecule has 0 aliphatic rings. The lowest BCUT2D eigenvalue weighted by Gasteiger charge is -2.29.